The maximum absolute atomic E-state index is 12.8. The highest BCUT2D eigenvalue weighted by Crippen LogP contribution is 2.12. The Morgan fingerprint density at radius 2 is 0.677 bits per heavy atom. The Labute approximate surface area is 398 Å². The lowest BCUT2D eigenvalue weighted by molar-refractivity contribution is -0.167. The molecule has 0 aromatic heterocycles. The summed E-state index contributed by atoms with van der Waals surface area (Å²) >= 11 is 0. The topological polar surface area (TPSA) is 78.9 Å². The van der Waals surface area contributed by atoms with Crippen molar-refractivity contribution < 1.29 is 28.6 Å². The van der Waals surface area contributed by atoms with Crippen molar-refractivity contribution in [2.75, 3.05) is 13.2 Å². The van der Waals surface area contributed by atoms with Gasteiger partial charge in [-0.15, -0.1) is 0 Å². The van der Waals surface area contributed by atoms with Gasteiger partial charge >= 0.3 is 17.9 Å². The Kier molecular flexibility index (Phi) is 48.6. The van der Waals surface area contributed by atoms with Crippen LogP contribution < -0.4 is 0 Å². The number of carbonyl (C=O) groups excluding carboxylic acids is 3. The van der Waals surface area contributed by atoms with Crippen molar-refractivity contribution in [3.63, 3.8) is 0 Å². The predicted octanol–water partition coefficient (Wildman–Crippen LogP) is 17.1. The fraction of sp³-hybridized carbons (Fsp3) is 0.576. The van der Waals surface area contributed by atoms with Crippen LogP contribution in [0.5, 0.6) is 0 Å². The number of hydrogen-bond acceptors (Lipinski definition) is 6. The third-order valence-corrected chi connectivity index (χ3v) is 10.3. The first-order valence-electron chi connectivity index (χ1n) is 25.8. The number of allylic oxidation sites excluding steroid dienone is 22. The summed E-state index contributed by atoms with van der Waals surface area (Å²) < 4.78 is 16.7. The maximum atomic E-state index is 12.8. The molecule has 0 saturated heterocycles. The molecule has 364 valence electrons. The summed E-state index contributed by atoms with van der Waals surface area (Å²) in [5.41, 5.74) is 0. The maximum Gasteiger partial charge on any atom is 0.306 e. The van der Waals surface area contributed by atoms with E-state index in [1.165, 1.54) is 32.1 Å². The second-order valence-corrected chi connectivity index (χ2v) is 16.5. The molecule has 0 amide bonds. The number of carbonyl (C=O) groups is 3. The SMILES string of the molecule is CC\C=C/C=C\C=C/C=C\C=C\C=C/CCCCCC(=O)OC(COC(=O)CCCCCCC\C=C/C=C\C=C/CCCCCCC)COC(=O)CCCCCCC/C=C\C/C=C\CC. The number of esters is 3. The van der Waals surface area contributed by atoms with Gasteiger partial charge in [0, 0.05) is 19.3 Å². The van der Waals surface area contributed by atoms with Crippen molar-refractivity contribution in [2.45, 2.75) is 207 Å². The van der Waals surface area contributed by atoms with E-state index < -0.39 is 6.10 Å². The number of unbranched alkanes of at least 4 members (excludes halogenated alkanes) is 18. The summed E-state index contributed by atoms with van der Waals surface area (Å²) in [5.74, 6) is -1.00. The van der Waals surface area contributed by atoms with Crippen LogP contribution in [0.4, 0.5) is 0 Å². The quantitative estimate of drug-likeness (QED) is 0.0199. The van der Waals surface area contributed by atoms with E-state index in [1.807, 2.05) is 60.8 Å². The van der Waals surface area contributed by atoms with Gasteiger partial charge < -0.3 is 14.2 Å². The lowest BCUT2D eigenvalue weighted by Gasteiger charge is -2.18. The number of hydrogen-bond donors (Lipinski definition) is 0. The summed E-state index contributed by atoms with van der Waals surface area (Å²) in [4.78, 5) is 38.0. The minimum Gasteiger partial charge on any atom is -0.462 e. The number of ether oxygens (including phenoxy) is 3. The van der Waals surface area contributed by atoms with Gasteiger partial charge in [-0.1, -0.05) is 225 Å². The van der Waals surface area contributed by atoms with Crippen molar-refractivity contribution in [3.8, 4) is 0 Å². The van der Waals surface area contributed by atoms with Gasteiger partial charge in [-0.3, -0.25) is 14.4 Å². The van der Waals surface area contributed by atoms with E-state index in [2.05, 4.69) is 93.7 Å². The monoisotopic (exact) mass is 897 g/mol. The average Bonchev–Trinajstić information content (AvgIpc) is 3.30. The summed E-state index contributed by atoms with van der Waals surface area (Å²) in [6, 6.07) is 0. The van der Waals surface area contributed by atoms with Crippen LogP contribution in [0.1, 0.15) is 201 Å². The molecule has 0 heterocycles. The van der Waals surface area contributed by atoms with Crippen LogP contribution in [0.15, 0.2) is 134 Å². The normalized spacial score (nSPS) is 13.2. The lowest BCUT2D eigenvalue weighted by atomic mass is 10.1. The molecule has 0 aliphatic rings. The molecular formula is C59H92O6. The van der Waals surface area contributed by atoms with Crippen LogP contribution >= 0.6 is 0 Å². The van der Waals surface area contributed by atoms with E-state index in [9.17, 15) is 14.4 Å². The Morgan fingerprint density at radius 3 is 1.12 bits per heavy atom. The van der Waals surface area contributed by atoms with E-state index in [-0.39, 0.29) is 37.5 Å². The first-order chi connectivity index (χ1) is 32.0. The van der Waals surface area contributed by atoms with Crippen LogP contribution in [-0.2, 0) is 28.6 Å². The molecule has 0 aliphatic carbocycles. The van der Waals surface area contributed by atoms with Gasteiger partial charge in [0.1, 0.15) is 13.2 Å². The molecule has 0 saturated carbocycles. The molecule has 0 aliphatic heterocycles. The van der Waals surface area contributed by atoms with E-state index in [4.69, 9.17) is 14.2 Å². The molecule has 1 unspecified atom stereocenters. The molecule has 0 rings (SSSR count). The van der Waals surface area contributed by atoms with Crippen molar-refractivity contribution in [1.82, 2.24) is 0 Å². The first kappa shape index (κ1) is 60.5. The lowest BCUT2D eigenvalue weighted by Crippen LogP contribution is -2.30. The Hall–Kier alpha value is -4.45. The van der Waals surface area contributed by atoms with Crippen molar-refractivity contribution in [1.29, 1.82) is 0 Å². The zero-order valence-electron chi connectivity index (χ0n) is 41.4. The molecule has 0 aromatic carbocycles. The van der Waals surface area contributed by atoms with E-state index >= 15 is 0 Å². The van der Waals surface area contributed by atoms with Crippen LogP contribution in [0, 0.1) is 0 Å². The van der Waals surface area contributed by atoms with Gasteiger partial charge in [-0.05, 0) is 89.9 Å². The highest BCUT2D eigenvalue weighted by Gasteiger charge is 2.19. The van der Waals surface area contributed by atoms with Gasteiger partial charge in [0.2, 0.25) is 0 Å². The van der Waals surface area contributed by atoms with E-state index in [0.29, 0.717) is 19.3 Å². The predicted molar refractivity (Wildman–Crippen MR) is 279 cm³/mol. The third-order valence-electron chi connectivity index (χ3n) is 10.3. The highest BCUT2D eigenvalue weighted by molar-refractivity contribution is 5.71. The molecule has 6 heteroatoms. The van der Waals surface area contributed by atoms with E-state index in [0.717, 1.165) is 122 Å². The molecule has 0 aromatic rings. The smallest absolute Gasteiger partial charge is 0.306 e. The Balaban J connectivity index is 4.56. The summed E-state index contributed by atoms with van der Waals surface area (Å²) in [7, 11) is 0. The van der Waals surface area contributed by atoms with Gasteiger partial charge in [0.15, 0.2) is 6.10 Å². The minimum absolute atomic E-state index is 0.116. The van der Waals surface area contributed by atoms with Gasteiger partial charge in [-0.2, -0.15) is 0 Å². The van der Waals surface area contributed by atoms with Crippen LogP contribution in [0.3, 0.4) is 0 Å². The summed E-state index contributed by atoms with van der Waals surface area (Å²) in [5, 5.41) is 0. The van der Waals surface area contributed by atoms with Crippen molar-refractivity contribution in [3.05, 3.63) is 134 Å². The zero-order chi connectivity index (χ0) is 47.2. The second-order valence-electron chi connectivity index (χ2n) is 16.5. The minimum atomic E-state index is -0.821. The van der Waals surface area contributed by atoms with Crippen molar-refractivity contribution >= 4 is 17.9 Å². The standard InChI is InChI=1S/C59H92O6/c1-4-7-10-13-16-19-22-25-27-29-31-32-34-37-40-43-46-49-52-58(61)64-55-56(54-63-57(60)51-48-45-42-39-36-24-21-18-15-12-9-6-3)65-59(62)53-50-47-44-41-38-35-33-30-28-26-23-20-17-14-11-8-5-2/h8-9,11-12,14,17-18,20-23,25-33,35,38,56H,4-7,10,13,15-16,19,24,34,36-37,39-55H2,1-3H3/b11-8-,12-9-,17-14-,21-18-,23-20-,25-22-,28-26-,29-27-,32-31-,33-30+,38-35-. The second kappa shape index (κ2) is 52.2. The summed E-state index contributed by atoms with van der Waals surface area (Å²) in [6.07, 6.45) is 72.9. The molecule has 1 atom stereocenters. The van der Waals surface area contributed by atoms with Gasteiger partial charge in [0.05, 0.1) is 0 Å². The van der Waals surface area contributed by atoms with Gasteiger partial charge in [0.25, 0.3) is 0 Å². The Bertz CT molecular complexity index is 1450. The Morgan fingerprint density at radius 1 is 0.338 bits per heavy atom. The van der Waals surface area contributed by atoms with E-state index in [1.54, 1.807) is 0 Å². The molecule has 0 radical (unpaired) electrons. The average molecular weight is 897 g/mol. The fourth-order valence-corrected chi connectivity index (χ4v) is 6.51. The fourth-order valence-electron chi connectivity index (χ4n) is 6.51. The number of rotatable bonds is 44. The molecule has 6 nitrogen and oxygen atoms in total. The molecule has 65 heavy (non-hydrogen) atoms. The highest BCUT2D eigenvalue weighted by atomic mass is 16.6. The molecule has 0 fully saturated rings. The van der Waals surface area contributed by atoms with Crippen LogP contribution in [-0.4, -0.2) is 37.2 Å². The third kappa shape index (κ3) is 50.4. The first-order valence-corrected chi connectivity index (χ1v) is 25.8. The van der Waals surface area contributed by atoms with Crippen LogP contribution in [0.25, 0.3) is 0 Å². The molecule has 0 N–H and O–H groups in total. The molecular weight excluding hydrogens is 805 g/mol. The van der Waals surface area contributed by atoms with Crippen LogP contribution in [0.2, 0.25) is 0 Å². The van der Waals surface area contributed by atoms with Crippen molar-refractivity contribution in [2.24, 2.45) is 0 Å². The summed E-state index contributed by atoms with van der Waals surface area (Å²) in [6.45, 7) is 6.28. The molecule has 0 bridgehead atoms. The largest absolute Gasteiger partial charge is 0.462 e. The molecule has 0 spiro atoms. The zero-order valence-corrected chi connectivity index (χ0v) is 41.4. The van der Waals surface area contributed by atoms with Gasteiger partial charge in [-0.25, -0.2) is 0 Å².